The minimum Gasteiger partial charge on any atom is -0.381 e. The Morgan fingerprint density at radius 1 is 1.55 bits per heavy atom. The van der Waals surface area contributed by atoms with Gasteiger partial charge in [-0.1, -0.05) is 12.2 Å². The zero-order valence-electron chi connectivity index (χ0n) is 6.88. The van der Waals surface area contributed by atoms with Gasteiger partial charge in [-0.3, -0.25) is 4.79 Å². The van der Waals surface area contributed by atoms with Crippen molar-refractivity contribution in [2.24, 2.45) is 0 Å². The first kappa shape index (κ1) is 8.47. The van der Waals surface area contributed by atoms with Crippen LogP contribution in [0.2, 0.25) is 0 Å². The molecule has 2 nitrogen and oxygen atoms in total. The first-order valence-electron chi connectivity index (χ1n) is 4.02. The maximum absolute atomic E-state index is 11.1. The molecule has 0 fully saturated rings. The predicted molar refractivity (Wildman–Crippen MR) is 43.4 cm³/mol. The van der Waals surface area contributed by atoms with Crippen molar-refractivity contribution in [3.8, 4) is 0 Å². The van der Waals surface area contributed by atoms with E-state index in [2.05, 4.69) is 6.08 Å². The summed E-state index contributed by atoms with van der Waals surface area (Å²) in [5.41, 5.74) is 0. The number of ketones is 1. The highest BCUT2D eigenvalue weighted by atomic mass is 16.5. The molecule has 11 heavy (non-hydrogen) atoms. The van der Waals surface area contributed by atoms with Crippen LogP contribution in [0.4, 0.5) is 0 Å². The number of hydrogen-bond donors (Lipinski definition) is 0. The van der Waals surface area contributed by atoms with Crippen LogP contribution in [-0.2, 0) is 9.53 Å². The smallest absolute Gasteiger partial charge is 0.139 e. The number of ether oxygens (including phenoxy) is 1. The van der Waals surface area contributed by atoms with Crippen molar-refractivity contribution in [1.29, 1.82) is 0 Å². The molecule has 0 saturated heterocycles. The summed E-state index contributed by atoms with van der Waals surface area (Å²) in [6.45, 7) is 0. The molecule has 0 heterocycles. The van der Waals surface area contributed by atoms with Gasteiger partial charge in [0.1, 0.15) is 5.78 Å². The Kier molecular flexibility index (Phi) is 3.30. The second kappa shape index (κ2) is 4.29. The van der Waals surface area contributed by atoms with Gasteiger partial charge in [0.2, 0.25) is 0 Å². The lowest BCUT2D eigenvalue weighted by Crippen LogP contribution is -2.16. The van der Waals surface area contributed by atoms with Crippen molar-refractivity contribution in [3.63, 3.8) is 0 Å². The quantitative estimate of drug-likeness (QED) is 0.537. The van der Waals surface area contributed by atoms with E-state index in [1.165, 1.54) is 0 Å². The van der Waals surface area contributed by atoms with Crippen LogP contribution in [0.3, 0.4) is 0 Å². The van der Waals surface area contributed by atoms with Crippen LogP contribution in [0, 0.1) is 0 Å². The van der Waals surface area contributed by atoms with Crippen molar-refractivity contribution in [1.82, 2.24) is 0 Å². The molecule has 2 heteroatoms. The standard InChI is InChI=1S/C9H14O2/c1-11-9-6-4-2-3-5-8(10)7-9/h2-3,9H,4-7H2,1H3/b3-2-. The number of carbonyl (C=O) groups is 1. The molecule has 0 radical (unpaired) electrons. The SMILES string of the molecule is COC1CC/C=C\CC(=O)C1. The van der Waals surface area contributed by atoms with Crippen LogP contribution < -0.4 is 0 Å². The minimum absolute atomic E-state index is 0.146. The van der Waals surface area contributed by atoms with E-state index in [-0.39, 0.29) is 11.9 Å². The maximum Gasteiger partial charge on any atom is 0.139 e. The first-order valence-corrected chi connectivity index (χ1v) is 4.02. The van der Waals surface area contributed by atoms with E-state index in [9.17, 15) is 4.79 Å². The number of hydrogen-bond acceptors (Lipinski definition) is 2. The van der Waals surface area contributed by atoms with E-state index < -0.39 is 0 Å². The van der Waals surface area contributed by atoms with E-state index in [0.717, 1.165) is 12.8 Å². The van der Waals surface area contributed by atoms with E-state index in [0.29, 0.717) is 12.8 Å². The summed E-state index contributed by atoms with van der Waals surface area (Å²) < 4.78 is 5.14. The maximum atomic E-state index is 11.1. The average molecular weight is 154 g/mol. The predicted octanol–water partition coefficient (Wildman–Crippen LogP) is 1.70. The summed E-state index contributed by atoms with van der Waals surface area (Å²) in [6.07, 6.45) is 7.33. The molecule has 62 valence electrons. The number of allylic oxidation sites excluding steroid dienone is 2. The highest BCUT2D eigenvalue weighted by molar-refractivity contribution is 5.80. The topological polar surface area (TPSA) is 26.3 Å². The monoisotopic (exact) mass is 154 g/mol. The van der Waals surface area contributed by atoms with Gasteiger partial charge in [0.25, 0.3) is 0 Å². The molecule has 1 aliphatic rings. The summed E-state index contributed by atoms with van der Waals surface area (Å²) in [5.74, 6) is 0.285. The van der Waals surface area contributed by atoms with Crippen LogP contribution >= 0.6 is 0 Å². The Morgan fingerprint density at radius 2 is 2.36 bits per heavy atom. The van der Waals surface area contributed by atoms with Crippen LogP contribution in [-0.4, -0.2) is 19.0 Å². The second-order valence-electron chi connectivity index (χ2n) is 2.85. The molecule has 1 atom stereocenters. The fourth-order valence-corrected chi connectivity index (χ4v) is 1.26. The molecule has 1 unspecified atom stereocenters. The molecular weight excluding hydrogens is 140 g/mol. The molecule has 0 saturated carbocycles. The second-order valence-corrected chi connectivity index (χ2v) is 2.85. The Bertz CT molecular complexity index is 161. The number of Topliss-reactive ketones (excluding diaryl/α,β-unsaturated/α-hetero) is 1. The summed E-state index contributed by atoms with van der Waals surface area (Å²) in [7, 11) is 1.67. The van der Waals surface area contributed by atoms with Gasteiger partial charge in [-0.2, -0.15) is 0 Å². The summed E-state index contributed by atoms with van der Waals surface area (Å²) in [4.78, 5) is 11.1. The molecule has 0 N–H and O–H groups in total. The average Bonchev–Trinajstić information content (AvgIpc) is 1.96. The fourth-order valence-electron chi connectivity index (χ4n) is 1.26. The van der Waals surface area contributed by atoms with Crippen molar-refractivity contribution in [3.05, 3.63) is 12.2 Å². The Hall–Kier alpha value is -0.630. The zero-order chi connectivity index (χ0) is 8.10. The van der Waals surface area contributed by atoms with Crippen molar-refractivity contribution in [2.75, 3.05) is 7.11 Å². The van der Waals surface area contributed by atoms with Crippen LogP contribution in [0.25, 0.3) is 0 Å². The zero-order valence-corrected chi connectivity index (χ0v) is 6.88. The van der Waals surface area contributed by atoms with E-state index in [4.69, 9.17) is 4.74 Å². The molecule has 1 aliphatic carbocycles. The van der Waals surface area contributed by atoms with Crippen LogP contribution in [0.1, 0.15) is 25.7 Å². The van der Waals surface area contributed by atoms with E-state index in [1.54, 1.807) is 7.11 Å². The van der Waals surface area contributed by atoms with Gasteiger partial charge in [0, 0.05) is 20.0 Å². The lowest BCUT2D eigenvalue weighted by Gasteiger charge is -2.14. The van der Waals surface area contributed by atoms with Gasteiger partial charge in [0.05, 0.1) is 6.10 Å². The van der Waals surface area contributed by atoms with Gasteiger partial charge in [-0.15, -0.1) is 0 Å². The largest absolute Gasteiger partial charge is 0.381 e. The number of rotatable bonds is 1. The third-order valence-electron chi connectivity index (χ3n) is 1.96. The van der Waals surface area contributed by atoms with Gasteiger partial charge in [-0.25, -0.2) is 0 Å². The normalized spacial score (nSPS) is 29.2. The molecule has 0 spiro atoms. The molecule has 0 aliphatic heterocycles. The Balaban J connectivity index is 2.46. The molecule has 0 aromatic carbocycles. The summed E-state index contributed by atoms with van der Waals surface area (Å²) in [5, 5.41) is 0. The van der Waals surface area contributed by atoms with Gasteiger partial charge in [0.15, 0.2) is 0 Å². The fraction of sp³-hybridized carbons (Fsp3) is 0.667. The highest BCUT2D eigenvalue weighted by Gasteiger charge is 2.12. The van der Waals surface area contributed by atoms with Crippen LogP contribution in [0.5, 0.6) is 0 Å². The van der Waals surface area contributed by atoms with E-state index >= 15 is 0 Å². The van der Waals surface area contributed by atoms with Gasteiger partial charge in [-0.05, 0) is 12.8 Å². The first-order chi connectivity index (χ1) is 5.33. The third kappa shape index (κ3) is 2.85. The number of carbonyl (C=O) groups excluding carboxylic acids is 1. The third-order valence-corrected chi connectivity index (χ3v) is 1.96. The summed E-state index contributed by atoms with van der Waals surface area (Å²) in [6, 6.07) is 0. The molecular formula is C9H14O2. The molecule has 1 rings (SSSR count). The lowest BCUT2D eigenvalue weighted by molar-refractivity contribution is -0.120. The van der Waals surface area contributed by atoms with Crippen LogP contribution in [0.15, 0.2) is 12.2 Å². The summed E-state index contributed by atoms with van der Waals surface area (Å²) >= 11 is 0. The molecule has 0 aromatic heterocycles. The minimum atomic E-state index is 0.146. The van der Waals surface area contributed by atoms with Gasteiger partial charge < -0.3 is 4.74 Å². The Labute approximate surface area is 67.2 Å². The van der Waals surface area contributed by atoms with Crippen molar-refractivity contribution < 1.29 is 9.53 Å². The van der Waals surface area contributed by atoms with Crippen molar-refractivity contribution in [2.45, 2.75) is 31.8 Å². The van der Waals surface area contributed by atoms with Crippen molar-refractivity contribution >= 4 is 5.78 Å². The lowest BCUT2D eigenvalue weighted by atomic mass is 10.0. The van der Waals surface area contributed by atoms with E-state index in [1.807, 2.05) is 6.08 Å². The molecule has 0 amide bonds. The molecule has 0 aromatic rings. The number of methoxy groups -OCH3 is 1. The molecule has 0 bridgehead atoms. The van der Waals surface area contributed by atoms with Gasteiger partial charge >= 0.3 is 0 Å². The Morgan fingerprint density at radius 3 is 3.09 bits per heavy atom. The highest BCUT2D eigenvalue weighted by Crippen LogP contribution is 2.11.